The first-order chi connectivity index (χ1) is 7.38. The van der Waals surface area contributed by atoms with Gasteiger partial charge in [0, 0.05) is 6.61 Å². The molecule has 1 aromatic carbocycles. The van der Waals surface area contributed by atoms with Crippen molar-refractivity contribution in [3.05, 3.63) is 29.8 Å². The van der Waals surface area contributed by atoms with Gasteiger partial charge < -0.3 is 9.84 Å². The highest BCUT2D eigenvalue weighted by Crippen LogP contribution is 2.29. The fourth-order valence-corrected chi connectivity index (χ4v) is 1.53. The molecule has 0 atom stereocenters. The van der Waals surface area contributed by atoms with Crippen molar-refractivity contribution in [1.82, 2.24) is 0 Å². The zero-order chi connectivity index (χ0) is 10.5. The first-order valence-corrected chi connectivity index (χ1v) is 5.71. The minimum atomic E-state index is 0.264. The normalized spacial score (nSPS) is 15.3. The van der Waals surface area contributed by atoms with Gasteiger partial charge in [-0.15, -0.1) is 0 Å². The summed E-state index contributed by atoms with van der Waals surface area (Å²) < 4.78 is 5.64. The molecule has 0 bridgehead atoms. The molecule has 0 unspecified atom stereocenters. The van der Waals surface area contributed by atoms with Crippen LogP contribution in [0.4, 0.5) is 0 Å². The van der Waals surface area contributed by atoms with Crippen molar-refractivity contribution in [3.63, 3.8) is 0 Å². The lowest BCUT2D eigenvalue weighted by Crippen LogP contribution is -1.98. The van der Waals surface area contributed by atoms with Gasteiger partial charge in [0.15, 0.2) is 0 Å². The lowest BCUT2D eigenvalue weighted by atomic mass is 10.1. The zero-order valence-corrected chi connectivity index (χ0v) is 8.98. The van der Waals surface area contributed by atoms with E-state index in [1.807, 2.05) is 12.1 Å². The molecule has 82 valence electrons. The smallest absolute Gasteiger partial charge is 0.119 e. The molecule has 1 aliphatic carbocycles. The molecule has 0 heterocycles. The first-order valence-electron chi connectivity index (χ1n) is 5.71. The van der Waals surface area contributed by atoms with Crippen molar-refractivity contribution in [2.45, 2.75) is 25.7 Å². The van der Waals surface area contributed by atoms with E-state index in [-0.39, 0.29) is 6.61 Å². The van der Waals surface area contributed by atoms with E-state index in [4.69, 9.17) is 9.84 Å². The summed E-state index contributed by atoms with van der Waals surface area (Å²) in [7, 11) is 0. The summed E-state index contributed by atoms with van der Waals surface area (Å²) in [6.45, 7) is 1.13. The number of hydrogen-bond acceptors (Lipinski definition) is 2. The lowest BCUT2D eigenvalue weighted by molar-refractivity contribution is 0.288. The Hall–Kier alpha value is -1.02. The van der Waals surface area contributed by atoms with Gasteiger partial charge in [0.1, 0.15) is 5.75 Å². The Labute approximate surface area is 90.9 Å². The number of aryl methyl sites for hydroxylation is 1. The molecular formula is C13H18O2. The largest absolute Gasteiger partial charge is 0.493 e. The molecule has 0 amide bonds. The van der Waals surface area contributed by atoms with Crippen LogP contribution >= 0.6 is 0 Å². The maximum absolute atomic E-state index is 8.71. The van der Waals surface area contributed by atoms with Crippen LogP contribution in [-0.2, 0) is 6.42 Å². The first kappa shape index (κ1) is 10.5. The topological polar surface area (TPSA) is 29.5 Å². The fourth-order valence-electron chi connectivity index (χ4n) is 1.53. The van der Waals surface area contributed by atoms with Crippen molar-refractivity contribution in [2.75, 3.05) is 13.2 Å². The molecule has 1 aromatic rings. The summed E-state index contributed by atoms with van der Waals surface area (Å²) in [5.41, 5.74) is 1.27. The van der Waals surface area contributed by atoms with Crippen LogP contribution in [0.3, 0.4) is 0 Å². The molecule has 2 rings (SSSR count). The third kappa shape index (κ3) is 3.56. The van der Waals surface area contributed by atoms with Gasteiger partial charge in [0.2, 0.25) is 0 Å². The molecule has 2 heteroatoms. The molecule has 1 aliphatic rings. The predicted octanol–water partition coefficient (Wildman–Crippen LogP) is 2.40. The van der Waals surface area contributed by atoms with E-state index in [9.17, 15) is 0 Å². The molecule has 15 heavy (non-hydrogen) atoms. The Morgan fingerprint density at radius 2 is 1.93 bits per heavy atom. The Morgan fingerprint density at radius 3 is 2.53 bits per heavy atom. The zero-order valence-electron chi connectivity index (χ0n) is 8.98. The number of hydrogen-bond donors (Lipinski definition) is 1. The minimum Gasteiger partial charge on any atom is -0.493 e. The quantitative estimate of drug-likeness (QED) is 0.774. The molecule has 2 nitrogen and oxygen atoms in total. The Bertz CT molecular complexity index is 288. The molecule has 1 fully saturated rings. The molecule has 0 aliphatic heterocycles. The van der Waals surface area contributed by atoms with Gasteiger partial charge in [-0.05, 0) is 49.3 Å². The third-order valence-electron chi connectivity index (χ3n) is 2.73. The summed E-state index contributed by atoms with van der Waals surface area (Å²) in [6.07, 6.45) is 4.44. The third-order valence-corrected chi connectivity index (χ3v) is 2.73. The second-order valence-electron chi connectivity index (χ2n) is 4.23. The summed E-state index contributed by atoms with van der Waals surface area (Å²) in [5.74, 6) is 1.77. The van der Waals surface area contributed by atoms with Gasteiger partial charge >= 0.3 is 0 Å². The average molecular weight is 206 g/mol. The van der Waals surface area contributed by atoms with E-state index in [2.05, 4.69) is 12.1 Å². The van der Waals surface area contributed by atoms with E-state index < -0.39 is 0 Å². The maximum atomic E-state index is 8.71. The van der Waals surface area contributed by atoms with Gasteiger partial charge in [0.25, 0.3) is 0 Å². The van der Waals surface area contributed by atoms with Crippen molar-refractivity contribution >= 4 is 0 Å². The second-order valence-corrected chi connectivity index (χ2v) is 4.23. The van der Waals surface area contributed by atoms with E-state index in [0.717, 1.165) is 31.1 Å². The van der Waals surface area contributed by atoms with Crippen LogP contribution < -0.4 is 4.74 Å². The van der Waals surface area contributed by atoms with E-state index >= 15 is 0 Å². The van der Waals surface area contributed by atoms with Gasteiger partial charge in [-0.25, -0.2) is 0 Å². The summed E-state index contributed by atoms with van der Waals surface area (Å²) in [6, 6.07) is 8.21. The Kier molecular flexibility index (Phi) is 3.62. The Morgan fingerprint density at radius 1 is 1.20 bits per heavy atom. The van der Waals surface area contributed by atoms with E-state index in [1.165, 1.54) is 18.4 Å². The van der Waals surface area contributed by atoms with Crippen LogP contribution in [0, 0.1) is 5.92 Å². The predicted molar refractivity (Wildman–Crippen MR) is 60.1 cm³/mol. The molecule has 0 aromatic heterocycles. The molecule has 1 N–H and O–H groups in total. The molecule has 0 saturated heterocycles. The molecular weight excluding hydrogens is 188 g/mol. The highest BCUT2D eigenvalue weighted by Gasteiger charge is 2.21. The lowest BCUT2D eigenvalue weighted by Gasteiger charge is -2.06. The standard InChI is InChI=1S/C13H18O2/c14-9-1-2-11-5-7-13(8-6-11)15-10-12-3-4-12/h5-8,12,14H,1-4,9-10H2. The van der Waals surface area contributed by atoms with Crippen LogP contribution in [0.1, 0.15) is 24.8 Å². The van der Waals surface area contributed by atoms with Gasteiger partial charge in [-0.3, -0.25) is 0 Å². The van der Waals surface area contributed by atoms with Crippen LogP contribution in [0.15, 0.2) is 24.3 Å². The SMILES string of the molecule is OCCCc1ccc(OCC2CC2)cc1. The maximum Gasteiger partial charge on any atom is 0.119 e. The van der Waals surface area contributed by atoms with Gasteiger partial charge in [-0.2, -0.15) is 0 Å². The van der Waals surface area contributed by atoms with Gasteiger partial charge in [0.05, 0.1) is 6.61 Å². The number of aliphatic hydroxyl groups excluding tert-OH is 1. The Balaban J connectivity index is 1.79. The van der Waals surface area contributed by atoms with Crippen molar-refractivity contribution in [1.29, 1.82) is 0 Å². The second kappa shape index (κ2) is 5.17. The number of benzene rings is 1. The van der Waals surface area contributed by atoms with Crippen LogP contribution in [-0.4, -0.2) is 18.3 Å². The van der Waals surface area contributed by atoms with Crippen molar-refractivity contribution in [2.24, 2.45) is 5.92 Å². The summed E-state index contributed by atoms with van der Waals surface area (Å²) >= 11 is 0. The highest BCUT2D eigenvalue weighted by atomic mass is 16.5. The van der Waals surface area contributed by atoms with Crippen molar-refractivity contribution < 1.29 is 9.84 Å². The number of ether oxygens (including phenoxy) is 1. The highest BCUT2D eigenvalue weighted by molar-refractivity contribution is 5.27. The molecule has 1 saturated carbocycles. The van der Waals surface area contributed by atoms with Gasteiger partial charge in [-0.1, -0.05) is 12.1 Å². The summed E-state index contributed by atoms with van der Waals surface area (Å²) in [4.78, 5) is 0. The van der Waals surface area contributed by atoms with E-state index in [0.29, 0.717) is 0 Å². The summed E-state index contributed by atoms with van der Waals surface area (Å²) in [5, 5.41) is 8.71. The monoisotopic (exact) mass is 206 g/mol. The fraction of sp³-hybridized carbons (Fsp3) is 0.538. The average Bonchev–Trinajstić information content (AvgIpc) is 3.09. The number of aliphatic hydroxyl groups is 1. The van der Waals surface area contributed by atoms with Crippen LogP contribution in [0.5, 0.6) is 5.75 Å². The van der Waals surface area contributed by atoms with E-state index in [1.54, 1.807) is 0 Å². The number of rotatable bonds is 6. The molecule has 0 spiro atoms. The van der Waals surface area contributed by atoms with Crippen LogP contribution in [0.25, 0.3) is 0 Å². The van der Waals surface area contributed by atoms with Crippen LogP contribution in [0.2, 0.25) is 0 Å². The molecule has 0 radical (unpaired) electrons. The minimum absolute atomic E-state index is 0.264. The van der Waals surface area contributed by atoms with Crippen molar-refractivity contribution in [3.8, 4) is 5.75 Å².